The van der Waals surface area contributed by atoms with Crippen LogP contribution in [0.25, 0.3) is 0 Å². The lowest BCUT2D eigenvalue weighted by Crippen LogP contribution is -1.72. The SMILES string of the molecule is N=C=Nc1ccc(F)cc1Cl. The Hall–Kier alpha value is -1.18. The van der Waals surface area contributed by atoms with Crippen LogP contribution in [0.15, 0.2) is 23.2 Å². The first-order chi connectivity index (χ1) is 5.24. The smallest absolute Gasteiger partial charge is 0.124 e. The molecule has 0 aliphatic heterocycles. The molecule has 1 aromatic rings. The van der Waals surface area contributed by atoms with Gasteiger partial charge in [0.05, 0.1) is 16.7 Å². The van der Waals surface area contributed by atoms with Crippen LogP contribution < -0.4 is 0 Å². The minimum Gasteiger partial charge on any atom is -0.241 e. The Bertz CT molecular complexity index is 318. The second-order valence-corrected chi connectivity index (χ2v) is 2.23. The van der Waals surface area contributed by atoms with E-state index in [9.17, 15) is 4.39 Å². The lowest BCUT2D eigenvalue weighted by Gasteiger charge is -1.93. The highest BCUT2D eigenvalue weighted by Gasteiger charge is 1.98. The Morgan fingerprint density at radius 3 is 2.82 bits per heavy atom. The maximum absolute atomic E-state index is 12.4. The molecule has 0 saturated carbocycles. The van der Waals surface area contributed by atoms with Crippen molar-refractivity contribution in [2.75, 3.05) is 0 Å². The molecule has 0 unspecified atom stereocenters. The van der Waals surface area contributed by atoms with Crippen LogP contribution in [0.2, 0.25) is 5.02 Å². The quantitative estimate of drug-likeness (QED) is 0.630. The maximum atomic E-state index is 12.4. The van der Waals surface area contributed by atoms with Gasteiger partial charge in [0.15, 0.2) is 0 Å². The Morgan fingerprint density at radius 2 is 2.27 bits per heavy atom. The number of hydrogen-bond acceptors (Lipinski definition) is 2. The molecule has 2 nitrogen and oxygen atoms in total. The molecule has 0 aliphatic rings. The highest BCUT2D eigenvalue weighted by molar-refractivity contribution is 6.33. The molecular weight excluding hydrogens is 167 g/mol. The summed E-state index contributed by atoms with van der Waals surface area (Å²) in [4.78, 5) is 3.47. The van der Waals surface area contributed by atoms with Crippen molar-refractivity contribution in [3.8, 4) is 0 Å². The number of halogens is 2. The van der Waals surface area contributed by atoms with Gasteiger partial charge < -0.3 is 0 Å². The van der Waals surface area contributed by atoms with Crippen molar-refractivity contribution in [2.45, 2.75) is 0 Å². The van der Waals surface area contributed by atoms with Gasteiger partial charge in [0, 0.05) is 0 Å². The monoisotopic (exact) mass is 170 g/mol. The Kier molecular flexibility index (Phi) is 2.36. The average molecular weight is 171 g/mol. The molecule has 0 aromatic heterocycles. The summed E-state index contributed by atoms with van der Waals surface area (Å²) in [7, 11) is 0. The van der Waals surface area contributed by atoms with Gasteiger partial charge in [-0.15, -0.1) is 0 Å². The highest BCUT2D eigenvalue weighted by atomic mass is 35.5. The molecule has 1 aromatic carbocycles. The van der Waals surface area contributed by atoms with E-state index in [0.717, 1.165) is 6.07 Å². The minimum absolute atomic E-state index is 0.185. The fourth-order valence-corrected chi connectivity index (χ4v) is 0.842. The predicted octanol–water partition coefficient (Wildman–Crippen LogP) is 2.86. The Morgan fingerprint density at radius 1 is 1.55 bits per heavy atom. The number of rotatable bonds is 1. The molecule has 0 bridgehead atoms. The summed E-state index contributed by atoms with van der Waals surface area (Å²) >= 11 is 5.55. The lowest BCUT2D eigenvalue weighted by molar-refractivity contribution is 0.628. The van der Waals surface area contributed by atoms with E-state index in [1.54, 1.807) is 0 Å². The number of benzene rings is 1. The zero-order valence-electron chi connectivity index (χ0n) is 5.44. The summed E-state index contributed by atoms with van der Waals surface area (Å²) in [6.45, 7) is 0. The fraction of sp³-hybridized carbons (Fsp3) is 0. The second kappa shape index (κ2) is 3.28. The number of nitrogens with one attached hydrogen (secondary N) is 1. The third-order valence-electron chi connectivity index (χ3n) is 1.09. The third kappa shape index (κ3) is 1.87. The van der Waals surface area contributed by atoms with Gasteiger partial charge in [-0.3, -0.25) is 0 Å². The third-order valence-corrected chi connectivity index (χ3v) is 1.39. The Labute approximate surface area is 67.8 Å². The first-order valence-electron chi connectivity index (χ1n) is 2.81. The van der Waals surface area contributed by atoms with Crippen LogP contribution in [0.3, 0.4) is 0 Å². The van der Waals surface area contributed by atoms with Gasteiger partial charge in [-0.1, -0.05) is 11.6 Å². The van der Waals surface area contributed by atoms with Crippen LogP contribution in [-0.4, -0.2) is 6.01 Å². The average Bonchev–Trinajstić information content (AvgIpc) is 1.95. The van der Waals surface area contributed by atoms with E-state index in [0.29, 0.717) is 5.69 Å². The summed E-state index contributed by atoms with van der Waals surface area (Å²) in [5, 5.41) is 6.71. The van der Waals surface area contributed by atoms with Crippen LogP contribution in [0, 0.1) is 11.2 Å². The summed E-state index contributed by atoms with van der Waals surface area (Å²) in [5.41, 5.74) is 0.350. The number of hydrogen-bond donors (Lipinski definition) is 1. The number of nitrogens with zero attached hydrogens (tertiary/aromatic N) is 1. The van der Waals surface area contributed by atoms with Crippen LogP contribution in [0.5, 0.6) is 0 Å². The molecule has 1 N–H and O–H groups in total. The molecule has 0 amide bonds. The largest absolute Gasteiger partial charge is 0.241 e. The summed E-state index contributed by atoms with van der Waals surface area (Å²) in [5.74, 6) is -0.418. The molecule has 0 atom stereocenters. The second-order valence-electron chi connectivity index (χ2n) is 1.82. The van der Waals surface area contributed by atoms with Crippen molar-refractivity contribution in [2.24, 2.45) is 4.99 Å². The minimum atomic E-state index is -0.418. The van der Waals surface area contributed by atoms with Crippen molar-refractivity contribution in [1.29, 1.82) is 5.41 Å². The van der Waals surface area contributed by atoms with E-state index in [1.165, 1.54) is 12.1 Å². The molecule has 0 fully saturated rings. The van der Waals surface area contributed by atoms with Crippen LogP contribution >= 0.6 is 11.6 Å². The van der Waals surface area contributed by atoms with E-state index >= 15 is 0 Å². The molecule has 1 rings (SSSR count). The van der Waals surface area contributed by atoms with Gasteiger partial charge >= 0.3 is 0 Å². The van der Waals surface area contributed by atoms with Crippen LogP contribution in [0.4, 0.5) is 10.1 Å². The first-order valence-corrected chi connectivity index (χ1v) is 3.19. The number of aliphatic imine (C=N–C) groups is 1. The van der Waals surface area contributed by atoms with Crippen LogP contribution in [0.1, 0.15) is 0 Å². The van der Waals surface area contributed by atoms with Crippen molar-refractivity contribution >= 4 is 23.3 Å². The molecule has 56 valence electrons. The molecule has 0 heterocycles. The predicted molar refractivity (Wildman–Crippen MR) is 41.2 cm³/mol. The van der Waals surface area contributed by atoms with Gasteiger partial charge in [0.25, 0.3) is 0 Å². The van der Waals surface area contributed by atoms with E-state index in [1.807, 2.05) is 6.01 Å². The van der Waals surface area contributed by atoms with Crippen molar-refractivity contribution in [3.63, 3.8) is 0 Å². The molecule has 0 aliphatic carbocycles. The standard InChI is InChI=1S/C7H4ClFN2/c8-6-3-5(9)1-2-7(6)11-4-10/h1-3,10H. The molecule has 0 spiro atoms. The van der Waals surface area contributed by atoms with Crippen LogP contribution in [-0.2, 0) is 0 Å². The highest BCUT2D eigenvalue weighted by Crippen LogP contribution is 2.24. The lowest BCUT2D eigenvalue weighted by atomic mass is 10.3. The first kappa shape index (κ1) is 7.92. The summed E-state index contributed by atoms with van der Waals surface area (Å²) in [6.07, 6.45) is 0. The van der Waals surface area contributed by atoms with Gasteiger partial charge in [-0.05, 0) is 18.2 Å². The fourth-order valence-electron chi connectivity index (χ4n) is 0.632. The molecular formula is C7H4ClFN2. The van der Waals surface area contributed by atoms with E-state index in [2.05, 4.69) is 4.99 Å². The molecule has 0 saturated heterocycles. The van der Waals surface area contributed by atoms with E-state index in [-0.39, 0.29) is 5.02 Å². The zero-order chi connectivity index (χ0) is 8.27. The normalized spacial score (nSPS) is 8.91. The van der Waals surface area contributed by atoms with Crippen molar-refractivity contribution in [1.82, 2.24) is 0 Å². The molecule has 4 heteroatoms. The molecule has 0 radical (unpaired) electrons. The van der Waals surface area contributed by atoms with Crippen molar-refractivity contribution < 1.29 is 4.39 Å². The maximum Gasteiger partial charge on any atom is 0.124 e. The Balaban J connectivity index is 3.19. The molecule has 11 heavy (non-hydrogen) atoms. The van der Waals surface area contributed by atoms with Crippen molar-refractivity contribution in [3.05, 3.63) is 29.0 Å². The van der Waals surface area contributed by atoms with Gasteiger partial charge in [0.2, 0.25) is 0 Å². The summed E-state index contributed by atoms with van der Waals surface area (Å²) < 4.78 is 12.4. The topological polar surface area (TPSA) is 36.2 Å². The van der Waals surface area contributed by atoms with E-state index < -0.39 is 5.82 Å². The van der Waals surface area contributed by atoms with Gasteiger partial charge in [-0.2, -0.15) is 4.99 Å². The van der Waals surface area contributed by atoms with Gasteiger partial charge in [0.1, 0.15) is 5.82 Å². The van der Waals surface area contributed by atoms with Gasteiger partial charge in [-0.25, -0.2) is 9.80 Å². The zero-order valence-corrected chi connectivity index (χ0v) is 6.19. The summed E-state index contributed by atoms with van der Waals surface area (Å²) in [6, 6.07) is 5.56. The van der Waals surface area contributed by atoms with E-state index in [4.69, 9.17) is 17.0 Å².